The molecule has 6 aromatic rings. The Hall–Kier alpha value is -12.8. The molecule has 121 heavy (non-hydrogen) atoms. The first-order valence-corrected chi connectivity index (χ1v) is 40.0. The lowest BCUT2D eigenvalue weighted by Crippen LogP contribution is -2.61. The summed E-state index contributed by atoms with van der Waals surface area (Å²) in [5, 5.41) is 89.7. The monoisotopic (exact) mass is 1720 g/mol. The van der Waals surface area contributed by atoms with Crippen LogP contribution in [0.3, 0.4) is 0 Å². The molecule has 4 heterocycles. The summed E-state index contributed by atoms with van der Waals surface area (Å²) in [5.41, 5.74) is 9.62. The van der Waals surface area contributed by atoms with Gasteiger partial charge in [0.15, 0.2) is 0 Å². The van der Waals surface area contributed by atoms with E-state index in [1.807, 2.05) is 0 Å². The van der Waals surface area contributed by atoms with E-state index < -0.39 is 230 Å². The highest BCUT2D eigenvalue weighted by Crippen LogP contribution is 2.26. The molecule has 2 aromatic heterocycles. The van der Waals surface area contributed by atoms with Gasteiger partial charge in [0.25, 0.3) is 0 Å². The fourth-order valence-electron chi connectivity index (χ4n) is 13.7. The van der Waals surface area contributed by atoms with Gasteiger partial charge in [0.05, 0.1) is 38.7 Å². The molecule has 2 fully saturated rings. The van der Waals surface area contributed by atoms with Crippen molar-refractivity contribution >= 4 is 148 Å². The third kappa shape index (κ3) is 27.1. The Bertz CT molecular complexity index is 4780. The number of aliphatic carboxylic acids is 3. The number of aromatic amines is 2. The van der Waals surface area contributed by atoms with Crippen molar-refractivity contribution in [1.29, 1.82) is 0 Å². The average Bonchev–Trinajstić information content (AvgIpc) is 1.68. The molecule has 0 saturated carbocycles. The number of amides is 14. The number of aromatic hydroxyl groups is 2. The second-order valence-electron chi connectivity index (χ2n) is 29.3. The van der Waals surface area contributed by atoms with E-state index in [0.29, 0.717) is 46.0 Å². The van der Waals surface area contributed by atoms with Crippen molar-refractivity contribution in [2.45, 2.75) is 157 Å². The number of carboxylic acids is 3. The molecule has 22 N–H and O–H groups in total. The quantitative estimate of drug-likeness (QED) is 0.0164. The molecule has 0 radical (unpaired) electrons. The zero-order chi connectivity index (χ0) is 88.3. The second-order valence-corrected chi connectivity index (χ2v) is 30.1. The molecular formula is C79H99N17O23S2. The number of nitrogens with two attached hydrogens (primary N) is 1. The number of para-hydroxylation sites is 2. The third-order valence-corrected chi connectivity index (χ3v) is 20.9. The minimum Gasteiger partial charge on any atom is -0.508 e. The molecule has 42 heteroatoms. The number of hydrogen-bond donors (Lipinski definition) is 23. The van der Waals surface area contributed by atoms with Crippen LogP contribution in [0.25, 0.3) is 21.8 Å². The van der Waals surface area contributed by atoms with Crippen LogP contribution in [0.2, 0.25) is 0 Å². The maximum atomic E-state index is 14.8. The smallest absolute Gasteiger partial charge is 0.326 e. The molecule has 14 amide bonds. The predicted molar refractivity (Wildman–Crippen MR) is 438 cm³/mol. The van der Waals surface area contributed by atoms with E-state index in [2.05, 4.69) is 99.0 Å². The molecule has 0 bridgehead atoms. The van der Waals surface area contributed by atoms with Crippen LogP contribution in [-0.4, -0.2) is 274 Å². The molecule has 4 aromatic carbocycles. The number of benzene rings is 4. The van der Waals surface area contributed by atoms with Crippen LogP contribution < -0.4 is 69.5 Å². The summed E-state index contributed by atoms with van der Waals surface area (Å²) in [6.45, 7) is -0.567. The first kappa shape index (κ1) is 93.7. The first-order valence-electron chi connectivity index (χ1n) is 38.7. The first-order chi connectivity index (χ1) is 57.6. The Kier molecular flexibility index (Phi) is 34.7. The van der Waals surface area contributed by atoms with Crippen LogP contribution in [0.5, 0.6) is 11.5 Å². The number of hydrogen-bond acceptors (Lipinski definition) is 23. The van der Waals surface area contributed by atoms with E-state index >= 15 is 0 Å². The number of fused-ring (bicyclic) bond motifs is 2. The molecule has 2 aliphatic heterocycles. The largest absolute Gasteiger partial charge is 0.508 e. The van der Waals surface area contributed by atoms with E-state index in [9.17, 15) is 112 Å². The predicted octanol–water partition coefficient (Wildman–Crippen LogP) is -3.72. The molecule has 0 spiro atoms. The van der Waals surface area contributed by atoms with Gasteiger partial charge in [-0.25, -0.2) is 4.79 Å². The van der Waals surface area contributed by atoms with E-state index in [1.54, 1.807) is 73.1 Å². The minimum absolute atomic E-state index is 0.00394. The van der Waals surface area contributed by atoms with E-state index in [4.69, 9.17) is 5.73 Å². The Morgan fingerprint density at radius 2 is 0.893 bits per heavy atom. The number of phenols is 2. The number of nitrogens with zero attached hydrogens (tertiary/aromatic N) is 2. The van der Waals surface area contributed by atoms with Gasteiger partial charge >= 0.3 is 17.9 Å². The molecule has 0 aliphatic carbocycles. The number of carbonyl (C=O) groups excluding carboxylic acids is 14. The Morgan fingerprint density at radius 1 is 0.455 bits per heavy atom. The number of thiol groups is 2. The van der Waals surface area contributed by atoms with Gasteiger partial charge in [-0.2, -0.15) is 25.3 Å². The van der Waals surface area contributed by atoms with Gasteiger partial charge in [-0.3, -0.25) is 76.7 Å². The highest BCUT2D eigenvalue weighted by atomic mass is 32.1. The Morgan fingerprint density at radius 3 is 1.43 bits per heavy atom. The summed E-state index contributed by atoms with van der Waals surface area (Å²) >= 11 is 8.51. The summed E-state index contributed by atoms with van der Waals surface area (Å²) < 4.78 is 0. The highest BCUT2D eigenvalue weighted by molar-refractivity contribution is 7.80. The van der Waals surface area contributed by atoms with Crippen LogP contribution in [0.1, 0.15) is 81.0 Å². The fourth-order valence-corrected chi connectivity index (χ4v) is 14.2. The van der Waals surface area contributed by atoms with Gasteiger partial charge in [0.2, 0.25) is 82.7 Å². The fraction of sp³-hybridized carbons (Fsp3) is 0.430. The van der Waals surface area contributed by atoms with Gasteiger partial charge in [0.1, 0.15) is 78.0 Å². The summed E-state index contributed by atoms with van der Waals surface area (Å²) in [7, 11) is 0. The van der Waals surface area contributed by atoms with Crippen LogP contribution in [-0.2, 0) is 107 Å². The maximum absolute atomic E-state index is 14.8. The highest BCUT2D eigenvalue weighted by Gasteiger charge is 2.42. The summed E-state index contributed by atoms with van der Waals surface area (Å²) in [5.74, 6) is -19.6. The van der Waals surface area contributed by atoms with Gasteiger partial charge in [0, 0.05) is 84.5 Å². The van der Waals surface area contributed by atoms with Gasteiger partial charge in [-0.05, 0) is 103 Å². The third-order valence-electron chi connectivity index (χ3n) is 20.1. The van der Waals surface area contributed by atoms with E-state index in [-0.39, 0.29) is 68.9 Å². The van der Waals surface area contributed by atoms with Crippen molar-refractivity contribution in [1.82, 2.24) is 83.6 Å². The molecular weight excluding hydrogens is 1620 g/mol. The van der Waals surface area contributed by atoms with Crippen LogP contribution in [0, 0.1) is 5.92 Å². The number of likely N-dealkylation sites (tertiary alicyclic amines) is 2. The lowest BCUT2D eigenvalue weighted by atomic mass is 10.0. The molecule has 650 valence electrons. The van der Waals surface area contributed by atoms with Crippen LogP contribution in [0.15, 0.2) is 109 Å². The number of aromatic nitrogens is 2. The SMILES string of the molecule is CC(C)[C@H](NC(=O)CNC(=O)CNC(=O)[C@H](Cc1ccc(O)cc1)NC(=O)[C@H](CCC(=O)O)NC(=O)CNC(=O)[C@@H]1CCCN1C(=O)[C@H](Cc1c[nH]c2ccccc12)NC(=O)[C@H](CS)NC(=O)[C@@H](N)Cc1ccc(O)cc1)C(=O)N[C@@H](CC(=O)O)C(=O)N[C@@H](CS)C(=O)N[C@@H](Cc1c[nH]c2ccccc12)C(=O)N[C@@H](CO)C(=O)N1CCC[C@H]1C(=O)O. The molecule has 2 saturated heterocycles. The zero-order valence-electron chi connectivity index (χ0n) is 65.8. The maximum Gasteiger partial charge on any atom is 0.326 e. The molecule has 12 atom stereocenters. The lowest BCUT2D eigenvalue weighted by molar-refractivity contribution is -0.150. The number of aliphatic hydroxyl groups is 1. The number of phenolic OH excluding ortho intramolecular Hbond substituents is 2. The second kappa shape index (κ2) is 44.8. The normalized spacial score (nSPS) is 16.2. The van der Waals surface area contributed by atoms with Crippen LogP contribution in [0.4, 0.5) is 0 Å². The van der Waals surface area contributed by atoms with Gasteiger partial charge in [-0.1, -0.05) is 74.5 Å². The van der Waals surface area contributed by atoms with Crippen molar-refractivity contribution in [3.63, 3.8) is 0 Å². The lowest BCUT2D eigenvalue weighted by Gasteiger charge is -2.30. The van der Waals surface area contributed by atoms with Crippen LogP contribution >= 0.6 is 25.3 Å². The van der Waals surface area contributed by atoms with Crippen molar-refractivity contribution in [2.24, 2.45) is 11.7 Å². The number of H-pyrrole nitrogens is 2. The molecule has 0 unspecified atom stereocenters. The summed E-state index contributed by atoms with van der Waals surface area (Å²) in [4.78, 5) is 239. The minimum atomic E-state index is -1.95. The molecule has 2 aliphatic rings. The number of nitrogens with one attached hydrogen (secondary N) is 14. The number of aliphatic hydroxyl groups excluding tert-OH is 1. The zero-order valence-corrected chi connectivity index (χ0v) is 67.6. The number of carbonyl (C=O) groups is 17. The Labute approximate surface area is 702 Å². The van der Waals surface area contributed by atoms with Gasteiger partial charge in [-0.15, -0.1) is 0 Å². The standard InChI is InChI=1S/C79H99N17O23S2/c1-40(2)67(76(115)89-55(31-66(105)106)72(111)93-59(39-121)73(112)88-54(29-43-32-81-50-11-5-3-9-47(43)50)71(110)91-57(37-97)78(117)96-26-8-14-61(96)79(118)119)94-64(102)35-83-62(100)34-84-69(108)53(28-42-17-21-46(99)22-18-42)87-70(109)52(23-24-65(103)104)86-63(101)36-85-75(114)60-13-7-25-95(60)77(116)56(30-44-33-82-51-12-6-4-10-48(44)51)90-74(113)58(38-120)92-68(107)49(80)27-41-15-19-45(98)20-16-41/h3-6,9-12,15-22,32-33,40,49,52-61,67,81-82,97-99,120-121H,7-8,13-14,23-31,34-39,80H2,1-2H3,(H,83,100)(H,84,108)(H,85,114)(H,86,101)(H,87,109)(H,88,112)(H,89,115)(H,90,113)(H,91,110)(H,92,107)(H,93,111)(H,94,102)(H,103,104)(H,105,106)(H,118,119)/t49-,52-,53-,54-,55-,56-,57-,58-,59-,60-,61-,67-/m0/s1. The van der Waals surface area contributed by atoms with Gasteiger partial charge < -0.3 is 120 Å². The van der Waals surface area contributed by atoms with Crippen molar-refractivity contribution in [3.05, 3.63) is 132 Å². The Balaban J connectivity index is 0.856. The topological polar surface area (TPSA) is 620 Å². The van der Waals surface area contributed by atoms with Crippen molar-refractivity contribution < 1.29 is 112 Å². The number of rotatable bonds is 44. The number of carboxylic acid groups (broad SMARTS) is 3. The van der Waals surface area contributed by atoms with Crippen molar-refractivity contribution in [2.75, 3.05) is 50.8 Å². The molecule has 8 rings (SSSR count). The van der Waals surface area contributed by atoms with E-state index in [1.165, 1.54) is 55.1 Å². The summed E-state index contributed by atoms with van der Waals surface area (Å²) in [6, 6.07) is 7.48. The molecule has 40 nitrogen and oxygen atoms in total. The van der Waals surface area contributed by atoms with E-state index in [0.717, 1.165) is 15.8 Å². The van der Waals surface area contributed by atoms with Crippen molar-refractivity contribution in [3.8, 4) is 11.5 Å². The average molecular weight is 1720 g/mol. The summed E-state index contributed by atoms with van der Waals surface area (Å²) in [6.07, 6.45) is 1.03.